The summed E-state index contributed by atoms with van der Waals surface area (Å²) in [5, 5.41) is 3.45. The molecule has 6 heteroatoms. The van der Waals surface area contributed by atoms with Crippen LogP contribution in [0, 0.1) is 0 Å². The van der Waals surface area contributed by atoms with Crippen molar-refractivity contribution in [2.75, 3.05) is 0 Å². The molecular weight excluding hydrogens is 351 g/mol. The van der Waals surface area contributed by atoms with Crippen molar-refractivity contribution in [3.63, 3.8) is 0 Å². The van der Waals surface area contributed by atoms with Crippen LogP contribution in [0.1, 0.15) is 42.5 Å². The van der Waals surface area contributed by atoms with Gasteiger partial charge in [0.05, 0.1) is 17.0 Å². The zero-order valence-electron chi connectivity index (χ0n) is 13.5. The SMILES string of the molecule is CC(NC(=O)C1(c2ccc(Cl)cc2)CC1)c1cccc(C(F)(F)F)c1. The van der Waals surface area contributed by atoms with Crippen LogP contribution in [0.4, 0.5) is 13.2 Å². The van der Waals surface area contributed by atoms with Gasteiger partial charge < -0.3 is 5.32 Å². The predicted octanol–water partition coefficient (Wildman–Crippen LogP) is 5.27. The van der Waals surface area contributed by atoms with Crippen LogP contribution in [-0.2, 0) is 16.4 Å². The second kappa shape index (κ2) is 6.37. The van der Waals surface area contributed by atoms with E-state index in [1.165, 1.54) is 6.07 Å². The molecule has 0 spiro atoms. The van der Waals surface area contributed by atoms with E-state index in [4.69, 9.17) is 11.6 Å². The van der Waals surface area contributed by atoms with E-state index >= 15 is 0 Å². The molecule has 1 aliphatic carbocycles. The highest BCUT2D eigenvalue weighted by atomic mass is 35.5. The molecular formula is C19H17ClF3NO. The van der Waals surface area contributed by atoms with Crippen molar-refractivity contribution in [3.05, 3.63) is 70.2 Å². The summed E-state index contributed by atoms with van der Waals surface area (Å²) >= 11 is 5.89. The van der Waals surface area contributed by atoms with E-state index in [1.54, 1.807) is 25.1 Å². The molecule has 3 rings (SSSR count). The molecule has 1 fully saturated rings. The summed E-state index contributed by atoms with van der Waals surface area (Å²) in [6.45, 7) is 1.69. The highest BCUT2D eigenvalue weighted by Crippen LogP contribution is 2.49. The lowest BCUT2D eigenvalue weighted by molar-refractivity contribution is -0.137. The van der Waals surface area contributed by atoms with Crippen LogP contribution in [0.3, 0.4) is 0 Å². The smallest absolute Gasteiger partial charge is 0.349 e. The Morgan fingerprint density at radius 3 is 2.36 bits per heavy atom. The maximum Gasteiger partial charge on any atom is 0.416 e. The van der Waals surface area contributed by atoms with E-state index < -0.39 is 23.2 Å². The molecule has 1 unspecified atom stereocenters. The van der Waals surface area contributed by atoms with Crippen molar-refractivity contribution in [1.29, 1.82) is 0 Å². The second-order valence-electron chi connectivity index (χ2n) is 6.41. The van der Waals surface area contributed by atoms with Crippen LogP contribution in [0.15, 0.2) is 48.5 Å². The first kappa shape index (κ1) is 17.8. The van der Waals surface area contributed by atoms with Crippen molar-refractivity contribution in [3.8, 4) is 0 Å². The summed E-state index contributed by atoms with van der Waals surface area (Å²) < 4.78 is 38.5. The largest absolute Gasteiger partial charge is 0.416 e. The molecule has 0 saturated heterocycles. The van der Waals surface area contributed by atoms with Crippen LogP contribution >= 0.6 is 11.6 Å². The lowest BCUT2D eigenvalue weighted by atomic mass is 9.94. The van der Waals surface area contributed by atoms with Gasteiger partial charge in [0, 0.05) is 5.02 Å². The Morgan fingerprint density at radius 2 is 1.80 bits per heavy atom. The second-order valence-corrected chi connectivity index (χ2v) is 6.84. The zero-order chi connectivity index (χ0) is 18.2. The van der Waals surface area contributed by atoms with E-state index in [2.05, 4.69) is 5.32 Å². The summed E-state index contributed by atoms with van der Waals surface area (Å²) in [5.74, 6) is -0.167. The van der Waals surface area contributed by atoms with Gasteiger partial charge in [0.2, 0.25) is 5.91 Å². The molecule has 2 aromatic carbocycles. The van der Waals surface area contributed by atoms with Gasteiger partial charge in [0.15, 0.2) is 0 Å². The van der Waals surface area contributed by atoms with Gasteiger partial charge in [-0.15, -0.1) is 0 Å². The molecule has 0 bridgehead atoms. The molecule has 1 saturated carbocycles. The van der Waals surface area contributed by atoms with Gasteiger partial charge in [-0.2, -0.15) is 13.2 Å². The first-order valence-corrected chi connectivity index (χ1v) is 8.34. The van der Waals surface area contributed by atoms with E-state index in [9.17, 15) is 18.0 Å². The molecule has 0 heterocycles. The van der Waals surface area contributed by atoms with Crippen LogP contribution in [0.25, 0.3) is 0 Å². The third-order valence-corrected chi connectivity index (χ3v) is 4.89. The lowest BCUT2D eigenvalue weighted by Gasteiger charge is -2.21. The minimum absolute atomic E-state index is 0.167. The highest BCUT2D eigenvalue weighted by molar-refractivity contribution is 6.30. The molecule has 1 amide bonds. The van der Waals surface area contributed by atoms with Gasteiger partial charge >= 0.3 is 6.18 Å². The quantitative estimate of drug-likeness (QED) is 0.783. The van der Waals surface area contributed by atoms with Gasteiger partial charge in [0.25, 0.3) is 0 Å². The standard InChI is InChI=1S/C19H17ClF3NO/c1-12(13-3-2-4-15(11-13)19(21,22)23)24-17(25)18(9-10-18)14-5-7-16(20)8-6-14/h2-8,11-12H,9-10H2,1H3,(H,24,25). The summed E-state index contributed by atoms with van der Waals surface area (Å²) in [6.07, 6.45) is -2.97. The van der Waals surface area contributed by atoms with E-state index in [1.807, 2.05) is 12.1 Å². The van der Waals surface area contributed by atoms with E-state index in [-0.39, 0.29) is 5.91 Å². The monoisotopic (exact) mass is 367 g/mol. The average Bonchev–Trinajstić information content (AvgIpc) is 3.36. The lowest BCUT2D eigenvalue weighted by Crippen LogP contribution is -2.36. The number of hydrogen-bond acceptors (Lipinski definition) is 1. The van der Waals surface area contributed by atoms with Crippen LogP contribution < -0.4 is 5.32 Å². The Bertz CT molecular complexity index is 782. The molecule has 132 valence electrons. The average molecular weight is 368 g/mol. The third-order valence-electron chi connectivity index (χ3n) is 4.64. The van der Waals surface area contributed by atoms with E-state index in [0.29, 0.717) is 10.6 Å². The Morgan fingerprint density at radius 1 is 1.16 bits per heavy atom. The maximum atomic E-state index is 12.8. The number of amides is 1. The molecule has 0 radical (unpaired) electrons. The molecule has 2 aromatic rings. The number of alkyl halides is 3. The van der Waals surface area contributed by atoms with Crippen molar-refractivity contribution in [1.82, 2.24) is 5.32 Å². The highest BCUT2D eigenvalue weighted by Gasteiger charge is 2.51. The minimum Gasteiger partial charge on any atom is -0.349 e. The van der Waals surface area contributed by atoms with Crippen molar-refractivity contribution in [2.24, 2.45) is 0 Å². The minimum atomic E-state index is -4.40. The zero-order valence-corrected chi connectivity index (χ0v) is 14.3. The van der Waals surface area contributed by atoms with Gasteiger partial charge in [-0.05, 0) is 55.2 Å². The fourth-order valence-corrected chi connectivity index (χ4v) is 3.07. The molecule has 0 aromatic heterocycles. The Balaban J connectivity index is 1.76. The van der Waals surface area contributed by atoms with Crippen LogP contribution in [-0.4, -0.2) is 5.91 Å². The number of halogens is 4. The van der Waals surface area contributed by atoms with E-state index in [0.717, 1.165) is 30.5 Å². The van der Waals surface area contributed by atoms with Gasteiger partial charge in [-0.3, -0.25) is 4.79 Å². The summed E-state index contributed by atoms with van der Waals surface area (Å²) in [7, 11) is 0. The number of nitrogens with one attached hydrogen (secondary N) is 1. The fraction of sp³-hybridized carbons (Fsp3) is 0.316. The number of rotatable bonds is 4. The number of benzene rings is 2. The van der Waals surface area contributed by atoms with Crippen molar-refractivity contribution >= 4 is 17.5 Å². The van der Waals surface area contributed by atoms with Crippen molar-refractivity contribution in [2.45, 2.75) is 37.4 Å². The molecule has 0 aliphatic heterocycles. The van der Waals surface area contributed by atoms with Crippen LogP contribution in [0.5, 0.6) is 0 Å². The molecule has 2 nitrogen and oxygen atoms in total. The number of hydrogen-bond donors (Lipinski definition) is 1. The first-order valence-electron chi connectivity index (χ1n) is 7.96. The van der Waals surface area contributed by atoms with Gasteiger partial charge in [0.1, 0.15) is 0 Å². The third kappa shape index (κ3) is 3.66. The summed E-state index contributed by atoms with van der Waals surface area (Å²) in [5.41, 5.74) is -0.00817. The number of carbonyl (C=O) groups is 1. The fourth-order valence-electron chi connectivity index (χ4n) is 2.94. The van der Waals surface area contributed by atoms with Crippen LogP contribution in [0.2, 0.25) is 5.02 Å². The predicted molar refractivity (Wildman–Crippen MR) is 90.4 cm³/mol. The molecule has 1 atom stereocenters. The van der Waals surface area contributed by atoms with Gasteiger partial charge in [-0.1, -0.05) is 35.9 Å². The topological polar surface area (TPSA) is 29.1 Å². The van der Waals surface area contributed by atoms with Crippen molar-refractivity contribution < 1.29 is 18.0 Å². The van der Waals surface area contributed by atoms with Gasteiger partial charge in [-0.25, -0.2) is 0 Å². The molecule has 25 heavy (non-hydrogen) atoms. The molecule has 1 aliphatic rings. The molecule has 1 N–H and O–H groups in total. The summed E-state index contributed by atoms with van der Waals surface area (Å²) in [6, 6.07) is 11.6. The Labute approximate surface area is 149 Å². The Hall–Kier alpha value is -2.01. The Kier molecular flexibility index (Phi) is 4.54. The summed E-state index contributed by atoms with van der Waals surface area (Å²) in [4.78, 5) is 12.7. The first-order chi connectivity index (χ1) is 11.7. The maximum absolute atomic E-state index is 12.8. The number of carbonyl (C=O) groups excluding carboxylic acids is 1. The normalized spacial score (nSPS) is 17.0.